The number of hydrogen-bond acceptors (Lipinski definition) is 4. The molecule has 1 amide bonds. The van der Waals surface area contributed by atoms with Gasteiger partial charge in [0.1, 0.15) is 5.75 Å². The van der Waals surface area contributed by atoms with E-state index >= 15 is 0 Å². The van der Waals surface area contributed by atoms with Gasteiger partial charge < -0.3 is 15.2 Å². The molecule has 2 aromatic carbocycles. The second-order valence-corrected chi connectivity index (χ2v) is 6.24. The second kappa shape index (κ2) is 5.18. The summed E-state index contributed by atoms with van der Waals surface area (Å²) in [5, 5.41) is 13.9. The zero-order chi connectivity index (χ0) is 16.9. The monoisotopic (exact) mass is 323 g/mol. The number of rotatable bonds is 2. The highest BCUT2D eigenvalue weighted by Crippen LogP contribution is 2.46. The van der Waals surface area contributed by atoms with E-state index in [2.05, 4.69) is 5.32 Å². The van der Waals surface area contributed by atoms with Crippen molar-refractivity contribution in [3.05, 3.63) is 59.2 Å². The zero-order valence-corrected chi connectivity index (χ0v) is 13.2. The van der Waals surface area contributed by atoms with Crippen LogP contribution in [0.25, 0.3) is 0 Å². The van der Waals surface area contributed by atoms with Gasteiger partial charge in [0.05, 0.1) is 18.7 Å². The first-order chi connectivity index (χ1) is 11.6. The summed E-state index contributed by atoms with van der Waals surface area (Å²) >= 11 is 0. The first kappa shape index (κ1) is 14.9. The Labute approximate surface area is 139 Å². The molecule has 0 saturated carbocycles. The molecule has 1 aliphatic heterocycles. The van der Waals surface area contributed by atoms with Gasteiger partial charge in [0.15, 0.2) is 11.4 Å². The maximum atomic E-state index is 12.9. The lowest BCUT2D eigenvalue weighted by molar-refractivity contribution is -0.138. The molecular formula is C19H17NO4. The molecule has 0 fully saturated rings. The Bertz CT molecular complexity index is 860. The van der Waals surface area contributed by atoms with E-state index in [0.29, 0.717) is 35.4 Å². The normalized spacial score (nSPS) is 25.0. The van der Waals surface area contributed by atoms with Crippen LogP contribution in [-0.4, -0.2) is 23.9 Å². The quantitative estimate of drug-likeness (QED) is 0.889. The summed E-state index contributed by atoms with van der Waals surface area (Å²) < 4.78 is 5.16. The highest BCUT2D eigenvalue weighted by atomic mass is 16.5. The van der Waals surface area contributed by atoms with Gasteiger partial charge in [0.25, 0.3) is 5.91 Å². The van der Waals surface area contributed by atoms with Crippen molar-refractivity contribution in [2.24, 2.45) is 5.92 Å². The summed E-state index contributed by atoms with van der Waals surface area (Å²) in [6.07, 6.45) is 1.10. The minimum absolute atomic E-state index is 0.182. The van der Waals surface area contributed by atoms with Gasteiger partial charge in [-0.3, -0.25) is 9.59 Å². The minimum atomic E-state index is -1.84. The minimum Gasteiger partial charge on any atom is -0.497 e. The third-order valence-electron chi connectivity index (χ3n) is 5.04. The summed E-state index contributed by atoms with van der Waals surface area (Å²) in [5.74, 6) is -0.942. The third-order valence-corrected chi connectivity index (χ3v) is 5.04. The summed E-state index contributed by atoms with van der Waals surface area (Å²) in [4.78, 5) is 25.5. The van der Waals surface area contributed by atoms with Crippen molar-refractivity contribution >= 4 is 17.4 Å². The van der Waals surface area contributed by atoms with Gasteiger partial charge in [-0.15, -0.1) is 0 Å². The molecule has 5 nitrogen and oxygen atoms in total. The van der Waals surface area contributed by atoms with E-state index in [0.717, 1.165) is 5.56 Å². The van der Waals surface area contributed by atoms with Crippen LogP contribution < -0.4 is 10.1 Å². The number of benzene rings is 2. The summed E-state index contributed by atoms with van der Waals surface area (Å²) in [6.45, 7) is 0. The largest absolute Gasteiger partial charge is 0.497 e. The lowest BCUT2D eigenvalue weighted by atomic mass is 9.71. The average Bonchev–Trinajstić information content (AvgIpc) is 2.86. The number of nitrogens with one attached hydrogen (secondary N) is 1. The predicted octanol–water partition coefficient (Wildman–Crippen LogP) is 2.28. The number of carbonyl (C=O) groups excluding carboxylic acids is 2. The van der Waals surface area contributed by atoms with Crippen LogP contribution >= 0.6 is 0 Å². The van der Waals surface area contributed by atoms with Gasteiger partial charge in [-0.05, 0) is 30.5 Å². The molecule has 1 aliphatic carbocycles. The van der Waals surface area contributed by atoms with Crippen molar-refractivity contribution in [1.29, 1.82) is 0 Å². The lowest BCUT2D eigenvalue weighted by Crippen LogP contribution is -2.47. The molecule has 2 aliphatic rings. The van der Waals surface area contributed by atoms with Crippen LogP contribution in [0.4, 0.5) is 5.69 Å². The smallest absolute Gasteiger partial charge is 0.261 e. The lowest BCUT2D eigenvalue weighted by Gasteiger charge is -2.33. The van der Waals surface area contributed by atoms with Crippen molar-refractivity contribution < 1.29 is 19.4 Å². The Hall–Kier alpha value is -2.66. The second-order valence-electron chi connectivity index (χ2n) is 6.24. The number of fused-ring (bicyclic) bond motifs is 2. The molecule has 2 atom stereocenters. The molecule has 4 rings (SSSR count). The van der Waals surface area contributed by atoms with E-state index in [4.69, 9.17) is 4.74 Å². The van der Waals surface area contributed by atoms with Crippen molar-refractivity contribution in [2.45, 2.75) is 18.4 Å². The maximum Gasteiger partial charge on any atom is 0.261 e. The van der Waals surface area contributed by atoms with Gasteiger partial charge in [-0.2, -0.15) is 0 Å². The van der Waals surface area contributed by atoms with Crippen LogP contribution in [0, 0.1) is 5.92 Å². The van der Waals surface area contributed by atoms with Crippen LogP contribution in [0.5, 0.6) is 5.75 Å². The summed E-state index contributed by atoms with van der Waals surface area (Å²) in [7, 11) is 1.53. The zero-order valence-electron chi connectivity index (χ0n) is 13.2. The van der Waals surface area contributed by atoms with Gasteiger partial charge in [-0.1, -0.05) is 24.3 Å². The van der Waals surface area contributed by atoms with Gasteiger partial charge in [-0.25, -0.2) is 0 Å². The molecule has 0 radical (unpaired) electrons. The molecular weight excluding hydrogens is 306 g/mol. The first-order valence-corrected chi connectivity index (χ1v) is 7.90. The molecule has 0 saturated heterocycles. The topological polar surface area (TPSA) is 75.6 Å². The van der Waals surface area contributed by atoms with E-state index in [1.807, 2.05) is 12.1 Å². The van der Waals surface area contributed by atoms with Crippen molar-refractivity contribution in [2.75, 3.05) is 12.4 Å². The first-order valence-electron chi connectivity index (χ1n) is 7.90. The van der Waals surface area contributed by atoms with Gasteiger partial charge in [0, 0.05) is 17.2 Å². The number of aryl methyl sites for hydroxylation is 1. The molecule has 0 spiro atoms. The van der Waals surface area contributed by atoms with Gasteiger partial charge in [0.2, 0.25) is 0 Å². The van der Waals surface area contributed by atoms with Crippen LogP contribution in [0.15, 0.2) is 42.5 Å². The number of methoxy groups -OCH3 is 1. The van der Waals surface area contributed by atoms with E-state index in [9.17, 15) is 14.7 Å². The Balaban J connectivity index is 1.80. The van der Waals surface area contributed by atoms with Crippen molar-refractivity contribution in [3.63, 3.8) is 0 Å². The van der Waals surface area contributed by atoms with Crippen LogP contribution in [0.1, 0.15) is 27.9 Å². The van der Waals surface area contributed by atoms with Crippen LogP contribution in [0.3, 0.4) is 0 Å². The Morgan fingerprint density at radius 3 is 2.79 bits per heavy atom. The number of Topliss-reactive ketones (excluding diaryl/α,β-unsaturated/α-hetero) is 1. The van der Waals surface area contributed by atoms with Crippen molar-refractivity contribution in [3.8, 4) is 5.75 Å². The Morgan fingerprint density at radius 1 is 1.21 bits per heavy atom. The molecule has 0 unspecified atom stereocenters. The number of ketones is 1. The highest BCUT2D eigenvalue weighted by molar-refractivity contribution is 6.11. The molecule has 24 heavy (non-hydrogen) atoms. The van der Waals surface area contributed by atoms with E-state index in [-0.39, 0.29) is 5.78 Å². The van der Waals surface area contributed by atoms with E-state index in [1.165, 1.54) is 7.11 Å². The summed E-state index contributed by atoms with van der Waals surface area (Å²) in [5.41, 5.74) is 0.652. The predicted molar refractivity (Wildman–Crippen MR) is 88.1 cm³/mol. The molecule has 2 aromatic rings. The molecule has 0 bridgehead atoms. The molecule has 0 aromatic heterocycles. The number of anilines is 1. The standard InChI is InChI=1S/C19H17NO4/c1-24-12-7-9-14-16(10-12)20-18(22)19(14,23)15-8-6-11-4-2-3-5-13(11)17(15)21/h2-5,7,9-10,15,23H,6,8H2,1H3,(H,20,22)/t15-,19-/m0/s1. The Kier molecular flexibility index (Phi) is 3.21. The molecule has 5 heteroatoms. The number of ether oxygens (including phenoxy) is 1. The fourth-order valence-corrected chi connectivity index (χ4v) is 3.77. The van der Waals surface area contributed by atoms with Crippen molar-refractivity contribution in [1.82, 2.24) is 0 Å². The summed E-state index contributed by atoms with van der Waals surface area (Å²) in [6, 6.07) is 12.4. The molecule has 2 N–H and O–H groups in total. The Morgan fingerprint density at radius 2 is 2.00 bits per heavy atom. The SMILES string of the molecule is COc1ccc2c(c1)NC(=O)[C@@]2(O)[C@H]1CCc2ccccc2C1=O. The highest BCUT2D eigenvalue weighted by Gasteiger charge is 2.54. The van der Waals surface area contributed by atoms with Crippen LogP contribution in [-0.2, 0) is 16.8 Å². The number of hydrogen-bond donors (Lipinski definition) is 2. The fourth-order valence-electron chi connectivity index (χ4n) is 3.77. The number of aliphatic hydroxyl groups is 1. The fraction of sp³-hybridized carbons (Fsp3) is 0.263. The maximum absolute atomic E-state index is 12.9. The third kappa shape index (κ3) is 1.91. The van der Waals surface area contributed by atoms with E-state index in [1.54, 1.807) is 30.3 Å². The molecule has 1 heterocycles. The number of amides is 1. The number of carbonyl (C=O) groups is 2. The molecule has 122 valence electrons. The average molecular weight is 323 g/mol. The van der Waals surface area contributed by atoms with Crippen LogP contribution in [0.2, 0.25) is 0 Å². The van der Waals surface area contributed by atoms with E-state index < -0.39 is 17.4 Å². The van der Waals surface area contributed by atoms with Gasteiger partial charge >= 0.3 is 0 Å².